The van der Waals surface area contributed by atoms with Gasteiger partial charge in [-0.15, -0.1) is 24.8 Å². The summed E-state index contributed by atoms with van der Waals surface area (Å²) < 4.78 is 5.75. The van der Waals surface area contributed by atoms with Crippen molar-refractivity contribution in [3.63, 3.8) is 0 Å². The van der Waals surface area contributed by atoms with Crippen LogP contribution >= 0.6 is 36.4 Å². The summed E-state index contributed by atoms with van der Waals surface area (Å²) in [5.41, 5.74) is 6.23. The summed E-state index contributed by atoms with van der Waals surface area (Å²) in [5.74, 6) is -0.109. The number of piperazine rings is 1. The number of hydrogen-bond acceptors (Lipinski definition) is 6. The van der Waals surface area contributed by atoms with Crippen molar-refractivity contribution < 1.29 is 14.3 Å². The first-order valence-electron chi connectivity index (χ1n) is 10.9. The molecule has 7 nitrogen and oxygen atoms in total. The molecule has 3 aliphatic rings. The van der Waals surface area contributed by atoms with Crippen molar-refractivity contribution in [1.82, 2.24) is 9.80 Å². The molecule has 0 bridgehead atoms. The molecule has 2 N–H and O–H groups in total. The van der Waals surface area contributed by atoms with Crippen molar-refractivity contribution >= 4 is 54.0 Å². The van der Waals surface area contributed by atoms with E-state index in [9.17, 15) is 9.59 Å². The van der Waals surface area contributed by atoms with Gasteiger partial charge in [0.1, 0.15) is 6.10 Å². The minimum atomic E-state index is -0.401. The van der Waals surface area contributed by atoms with Crippen molar-refractivity contribution in [1.29, 1.82) is 0 Å². The molecule has 3 heterocycles. The van der Waals surface area contributed by atoms with Crippen LogP contribution in [0.15, 0.2) is 24.3 Å². The smallest absolute Gasteiger partial charge is 0.312 e. The predicted molar refractivity (Wildman–Crippen MR) is 131 cm³/mol. The van der Waals surface area contributed by atoms with E-state index in [0.29, 0.717) is 25.9 Å². The Hall–Kier alpha value is -1.25. The maximum absolute atomic E-state index is 12.6. The Bertz CT molecular complexity index is 781. The molecule has 180 valence electrons. The van der Waals surface area contributed by atoms with Crippen LogP contribution in [0.2, 0.25) is 5.02 Å². The van der Waals surface area contributed by atoms with Crippen LogP contribution in [-0.2, 0) is 14.3 Å². The zero-order chi connectivity index (χ0) is 21.1. The van der Waals surface area contributed by atoms with Crippen LogP contribution in [0.1, 0.15) is 25.7 Å². The van der Waals surface area contributed by atoms with Gasteiger partial charge in [-0.05, 0) is 37.5 Å². The number of nitrogens with zero attached hydrogens (tertiary/aromatic N) is 3. The van der Waals surface area contributed by atoms with Gasteiger partial charge in [-0.25, -0.2) is 0 Å². The first-order valence-corrected chi connectivity index (χ1v) is 11.3. The molecule has 4 rings (SSSR count). The van der Waals surface area contributed by atoms with Crippen molar-refractivity contribution in [2.24, 2.45) is 11.1 Å². The highest BCUT2D eigenvalue weighted by molar-refractivity contribution is 6.30. The van der Waals surface area contributed by atoms with Crippen LogP contribution in [0.3, 0.4) is 0 Å². The molecular weight excluding hydrogens is 475 g/mol. The Labute approximate surface area is 207 Å². The standard InChI is InChI=1S/C22H31ClN4O3.2ClH/c23-17-2-1-3-18(14-17)26-12-10-25(11-13-26)7-4-19-15-22(21(29)30-19)5-8-27(9-6-22)20(28)16-24;;/h1-3,14,19H,4-13,15-16,24H2;2*1H/t19-;;/m1../s1. The number of anilines is 1. The molecule has 0 aromatic heterocycles. The number of benzene rings is 1. The lowest BCUT2D eigenvalue weighted by molar-refractivity contribution is -0.152. The number of piperidine rings is 1. The van der Waals surface area contributed by atoms with Crippen molar-refractivity contribution in [3.05, 3.63) is 29.3 Å². The third-order valence-corrected chi connectivity index (χ3v) is 7.12. The molecule has 1 spiro atoms. The molecule has 0 aliphatic carbocycles. The summed E-state index contributed by atoms with van der Waals surface area (Å²) >= 11 is 6.12. The molecule has 0 saturated carbocycles. The monoisotopic (exact) mass is 506 g/mol. The fourth-order valence-corrected chi connectivity index (χ4v) is 5.13. The second-order valence-electron chi connectivity index (χ2n) is 8.69. The molecule has 10 heteroatoms. The minimum Gasteiger partial charge on any atom is -0.462 e. The molecular formula is C22H33Cl3N4O3. The molecule has 3 aliphatic heterocycles. The SMILES string of the molecule is Cl.Cl.NCC(=O)N1CCC2(CC1)C[C@@H](CCN1CCN(c3cccc(Cl)c3)CC1)OC2=O. The lowest BCUT2D eigenvalue weighted by Gasteiger charge is -2.37. The summed E-state index contributed by atoms with van der Waals surface area (Å²) in [4.78, 5) is 31.0. The van der Waals surface area contributed by atoms with Crippen LogP contribution in [0.4, 0.5) is 5.69 Å². The van der Waals surface area contributed by atoms with Gasteiger partial charge < -0.3 is 20.3 Å². The molecule has 1 aromatic carbocycles. The highest BCUT2D eigenvalue weighted by Gasteiger charge is 2.50. The van der Waals surface area contributed by atoms with Crippen molar-refractivity contribution in [3.8, 4) is 0 Å². The maximum Gasteiger partial charge on any atom is 0.312 e. The Morgan fingerprint density at radius 2 is 1.81 bits per heavy atom. The summed E-state index contributed by atoms with van der Waals surface area (Å²) in [6, 6.07) is 8.01. The van der Waals surface area contributed by atoms with Crippen LogP contribution in [-0.4, -0.2) is 80.1 Å². The van der Waals surface area contributed by atoms with E-state index in [4.69, 9.17) is 22.1 Å². The molecule has 32 heavy (non-hydrogen) atoms. The Morgan fingerprint density at radius 1 is 1.12 bits per heavy atom. The maximum atomic E-state index is 12.6. The second kappa shape index (κ2) is 11.7. The van der Waals surface area contributed by atoms with E-state index in [1.54, 1.807) is 4.90 Å². The predicted octanol–water partition coefficient (Wildman–Crippen LogP) is 2.58. The average Bonchev–Trinajstić information content (AvgIpc) is 3.07. The summed E-state index contributed by atoms with van der Waals surface area (Å²) in [5, 5.41) is 0.769. The van der Waals surface area contributed by atoms with Gasteiger partial charge in [0.05, 0.1) is 12.0 Å². The number of cyclic esters (lactones) is 1. The third kappa shape index (κ3) is 6.00. The van der Waals surface area contributed by atoms with Crippen LogP contribution in [0, 0.1) is 5.41 Å². The topological polar surface area (TPSA) is 79.1 Å². The van der Waals surface area contributed by atoms with Gasteiger partial charge in [-0.2, -0.15) is 0 Å². The lowest BCUT2D eigenvalue weighted by Crippen LogP contribution is -2.47. The van der Waals surface area contributed by atoms with Crippen molar-refractivity contribution in [2.75, 3.05) is 57.3 Å². The molecule has 0 unspecified atom stereocenters. The Balaban J connectivity index is 0.00000181. The van der Waals surface area contributed by atoms with E-state index in [-0.39, 0.29) is 49.3 Å². The number of ether oxygens (including phenoxy) is 1. The largest absolute Gasteiger partial charge is 0.462 e. The molecule has 3 fully saturated rings. The van der Waals surface area contributed by atoms with Crippen molar-refractivity contribution in [2.45, 2.75) is 31.8 Å². The number of carbonyl (C=O) groups is 2. The van der Waals surface area contributed by atoms with Gasteiger partial charge in [0.15, 0.2) is 0 Å². The summed E-state index contributed by atoms with van der Waals surface area (Å²) in [6.45, 7) is 6.11. The molecule has 1 amide bonds. The van der Waals surface area contributed by atoms with E-state index in [1.165, 1.54) is 5.69 Å². The number of esters is 1. The first-order chi connectivity index (χ1) is 14.5. The Kier molecular flexibility index (Phi) is 9.91. The average molecular weight is 508 g/mol. The summed E-state index contributed by atoms with van der Waals surface area (Å²) in [7, 11) is 0. The number of carbonyl (C=O) groups excluding carboxylic acids is 2. The van der Waals surface area contributed by atoms with Gasteiger partial charge in [0.25, 0.3) is 0 Å². The van der Waals surface area contributed by atoms with Gasteiger partial charge in [-0.1, -0.05) is 17.7 Å². The number of rotatable bonds is 5. The van der Waals surface area contributed by atoms with Crippen LogP contribution in [0.5, 0.6) is 0 Å². The number of halogens is 3. The van der Waals surface area contributed by atoms with E-state index < -0.39 is 5.41 Å². The van der Waals surface area contributed by atoms with Gasteiger partial charge in [-0.3, -0.25) is 14.5 Å². The molecule has 1 aromatic rings. The fraction of sp³-hybridized carbons (Fsp3) is 0.636. The lowest BCUT2D eigenvalue weighted by atomic mass is 9.75. The van der Waals surface area contributed by atoms with E-state index in [2.05, 4.69) is 15.9 Å². The molecule has 1 atom stereocenters. The number of nitrogens with two attached hydrogens (primary N) is 1. The minimum absolute atomic E-state index is 0. The first kappa shape index (κ1) is 27.0. The van der Waals surface area contributed by atoms with Crippen LogP contribution < -0.4 is 10.6 Å². The normalized spacial score (nSPS) is 22.8. The zero-order valence-electron chi connectivity index (χ0n) is 18.2. The summed E-state index contributed by atoms with van der Waals surface area (Å²) in [6.07, 6.45) is 3.01. The highest BCUT2D eigenvalue weighted by Crippen LogP contribution is 2.43. The number of amides is 1. The second-order valence-corrected chi connectivity index (χ2v) is 9.13. The third-order valence-electron chi connectivity index (χ3n) is 6.89. The van der Waals surface area contributed by atoms with Crippen LogP contribution in [0.25, 0.3) is 0 Å². The zero-order valence-corrected chi connectivity index (χ0v) is 20.6. The fourth-order valence-electron chi connectivity index (χ4n) is 4.95. The van der Waals surface area contributed by atoms with Gasteiger partial charge in [0.2, 0.25) is 5.91 Å². The van der Waals surface area contributed by atoms with Gasteiger partial charge in [0, 0.05) is 62.9 Å². The highest BCUT2D eigenvalue weighted by atomic mass is 35.5. The van der Waals surface area contributed by atoms with E-state index >= 15 is 0 Å². The molecule has 3 saturated heterocycles. The Morgan fingerprint density at radius 3 is 2.44 bits per heavy atom. The number of likely N-dealkylation sites (tertiary alicyclic amines) is 1. The van der Waals surface area contributed by atoms with E-state index in [0.717, 1.165) is 50.6 Å². The number of hydrogen-bond donors (Lipinski definition) is 1. The molecule has 0 radical (unpaired) electrons. The van der Waals surface area contributed by atoms with E-state index in [1.807, 2.05) is 18.2 Å². The quantitative estimate of drug-likeness (QED) is 0.617. The van der Waals surface area contributed by atoms with Gasteiger partial charge >= 0.3 is 5.97 Å².